The minimum absolute atomic E-state index is 0.0544. The fourth-order valence-electron chi connectivity index (χ4n) is 1.68. The molecule has 6 heteroatoms. The zero-order valence-corrected chi connectivity index (χ0v) is 11.4. The van der Waals surface area contributed by atoms with E-state index in [2.05, 4.69) is 6.92 Å². The zero-order chi connectivity index (χ0) is 12.2. The average Bonchev–Trinajstić information content (AvgIpc) is 2.22. The van der Waals surface area contributed by atoms with Crippen molar-refractivity contribution in [2.75, 3.05) is 32.1 Å². The Morgan fingerprint density at radius 2 is 2.19 bits per heavy atom. The molecular formula is C10H20ClNO3S. The second-order valence-corrected chi connectivity index (χ2v) is 6.80. The van der Waals surface area contributed by atoms with Crippen molar-refractivity contribution in [2.24, 2.45) is 5.92 Å². The highest BCUT2D eigenvalue weighted by Gasteiger charge is 2.31. The summed E-state index contributed by atoms with van der Waals surface area (Å²) in [6, 6.07) is 0. The summed E-state index contributed by atoms with van der Waals surface area (Å²) in [5.41, 5.74) is 0. The third-order valence-corrected chi connectivity index (χ3v) is 5.28. The predicted octanol–water partition coefficient (Wildman–Crippen LogP) is 1.30. The smallest absolute Gasteiger partial charge is 0.216 e. The first-order valence-corrected chi connectivity index (χ1v) is 7.71. The third-order valence-electron chi connectivity index (χ3n) is 2.91. The Morgan fingerprint density at radius 1 is 1.50 bits per heavy atom. The van der Waals surface area contributed by atoms with Gasteiger partial charge in [-0.2, -0.15) is 0 Å². The van der Waals surface area contributed by atoms with Crippen molar-refractivity contribution in [1.29, 1.82) is 0 Å². The third kappa shape index (κ3) is 3.87. The molecule has 1 fully saturated rings. The van der Waals surface area contributed by atoms with E-state index in [1.54, 1.807) is 0 Å². The summed E-state index contributed by atoms with van der Waals surface area (Å²) in [5.74, 6) is 0.443. The summed E-state index contributed by atoms with van der Waals surface area (Å²) >= 11 is 6.09. The highest BCUT2D eigenvalue weighted by atomic mass is 35.5. The predicted molar refractivity (Wildman–Crippen MR) is 65.3 cm³/mol. The first-order chi connectivity index (χ1) is 7.47. The van der Waals surface area contributed by atoms with Crippen LogP contribution in [0.15, 0.2) is 0 Å². The molecule has 1 aliphatic rings. The molecule has 2 atom stereocenters. The molecule has 1 rings (SSSR count). The second kappa shape index (κ2) is 6.19. The maximum Gasteiger partial charge on any atom is 0.216 e. The molecule has 2 unspecified atom stereocenters. The SMILES string of the molecule is CCOCCS(=O)(=O)N1CCC(C)C(Cl)C1. The number of alkyl halides is 1. The minimum Gasteiger partial charge on any atom is -0.381 e. The lowest BCUT2D eigenvalue weighted by Crippen LogP contribution is -2.45. The van der Waals surface area contributed by atoms with Crippen molar-refractivity contribution < 1.29 is 13.2 Å². The fourth-order valence-corrected chi connectivity index (χ4v) is 3.42. The number of hydrogen-bond donors (Lipinski definition) is 0. The van der Waals surface area contributed by atoms with Crippen molar-refractivity contribution in [3.8, 4) is 0 Å². The quantitative estimate of drug-likeness (QED) is 0.558. The number of nitrogens with zero attached hydrogens (tertiary/aromatic N) is 1. The van der Waals surface area contributed by atoms with Gasteiger partial charge in [-0.05, 0) is 19.3 Å². The van der Waals surface area contributed by atoms with Crippen molar-refractivity contribution in [3.63, 3.8) is 0 Å². The van der Waals surface area contributed by atoms with Crippen molar-refractivity contribution in [3.05, 3.63) is 0 Å². The van der Waals surface area contributed by atoms with Gasteiger partial charge in [0, 0.05) is 25.1 Å². The van der Waals surface area contributed by atoms with Crippen LogP contribution in [0.4, 0.5) is 0 Å². The number of ether oxygens (including phenoxy) is 1. The normalized spacial score (nSPS) is 28.2. The lowest BCUT2D eigenvalue weighted by atomic mass is 10.0. The molecular weight excluding hydrogens is 250 g/mol. The van der Waals surface area contributed by atoms with E-state index in [-0.39, 0.29) is 17.7 Å². The highest BCUT2D eigenvalue weighted by molar-refractivity contribution is 7.89. The van der Waals surface area contributed by atoms with Gasteiger partial charge in [0.25, 0.3) is 0 Å². The van der Waals surface area contributed by atoms with Gasteiger partial charge >= 0.3 is 0 Å². The molecule has 0 aromatic carbocycles. The summed E-state index contributed by atoms with van der Waals surface area (Å²) in [5, 5.41) is -0.0735. The second-order valence-electron chi connectivity index (χ2n) is 4.15. The number of hydrogen-bond acceptors (Lipinski definition) is 3. The Bertz CT molecular complexity index is 307. The standard InChI is InChI=1S/C10H20ClNO3S/c1-3-15-6-7-16(13,14)12-5-4-9(2)10(11)8-12/h9-10H,3-8H2,1-2H3. The molecule has 0 amide bonds. The Labute approximate surface area is 103 Å². The molecule has 1 heterocycles. The highest BCUT2D eigenvalue weighted by Crippen LogP contribution is 2.23. The molecule has 0 aromatic rings. The minimum atomic E-state index is -3.19. The Morgan fingerprint density at radius 3 is 2.75 bits per heavy atom. The van der Waals surface area contributed by atoms with Crippen LogP contribution in [0.2, 0.25) is 0 Å². The van der Waals surface area contributed by atoms with Crippen molar-refractivity contribution in [2.45, 2.75) is 25.6 Å². The van der Waals surface area contributed by atoms with Crippen molar-refractivity contribution in [1.82, 2.24) is 4.31 Å². The number of piperidine rings is 1. The lowest BCUT2D eigenvalue weighted by molar-refractivity contribution is 0.162. The van der Waals surface area contributed by atoms with E-state index in [1.165, 1.54) is 4.31 Å². The van der Waals surface area contributed by atoms with Crippen LogP contribution < -0.4 is 0 Å². The summed E-state index contributed by atoms with van der Waals surface area (Å²) in [7, 11) is -3.19. The molecule has 16 heavy (non-hydrogen) atoms. The summed E-state index contributed by atoms with van der Waals surface area (Å²) < 4.78 is 30.4. The van der Waals surface area contributed by atoms with Crippen LogP contribution in [-0.4, -0.2) is 50.2 Å². The fraction of sp³-hybridized carbons (Fsp3) is 1.00. The van der Waals surface area contributed by atoms with Crippen LogP contribution >= 0.6 is 11.6 Å². The zero-order valence-electron chi connectivity index (χ0n) is 9.86. The summed E-state index contributed by atoms with van der Waals surface area (Å²) in [4.78, 5) is 0. The molecule has 0 radical (unpaired) electrons. The molecule has 96 valence electrons. The van der Waals surface area contributed by atoms with Gasteiger partial charge in [0.2, 0.25) is 10.0 Å². The van der Waals surface area contributed by atoms with Gasteiger partial charge in [0.1, 0.15) is 0 Å². The Balaban J connectivity index is 2.49. The van der Waals surface area contributed by atoms with E-state index in [0.29, 0.717) is 25.6 Å². The molecule has 0 N–H and O–H groups in total. The number of halogens is 1. The van der Waals surface area contributed by atoms with Gasteiger partial charge in [-0.25, -0.2) is 12.7 Å². The molecule has 0 aliphatic carbocycles. The first kappa shape index (κ1) is 14.2. The Hall–Kier alpha value is 0.160. The lowest BCUT2D eigenvalue weighted by Gasteiger charge is -2.33. The van der Waals surface area contributed by atoms with Crippen LogP contribution in [0.5, 0.6) is 0 Å². The van der Waals surface area contributed by atoms with Gasteiger partial charge in [-0.15, -0.1) is 11.6 Å². The van der Waals surface area contributed by atoms with E-state index in [9.17, 15) is 8.42 Å². The van der Waals surface area contributed by atoms with Crippen LogP contribution in [-0.2, 0) is 14.8 Å². The molecule has 1 saturated heterocycles. The van der Waals surface area contributed by atoms with Gasteiger partial charge < -0.3 is 4.74 Å². The molecule has 0 aromatic heterocycles. The van der Waals surface area contributed by atoms with Crippen molar-refractivity contribution >= 4 is 21.6 Å². The van der Waals surface area contributed by atoms with E-state index in [1.807, 2.05) is 6.92 Å². The van der Waals surface area contributed by atoms with Gasteiger partial charge in [0.15, 0.2) is 0 Å². The van der Waals surface area contributed by atoms with Crippen LogP contribution in [0.1, 0.15) is 20.3 Å². The molecule has 4 nitrogen and oxygen atoms in total. The van der Waals surface area contributed by atoms with Gasteiger partial charge in [-0.1, -0.05) is 6.92 Å². The molecule has 0 bridgehead atoms. The number of rotatable bonds is 5. The van der Waals surface area contributed by atoms with E-state index in [4.69, 9.17) is 16.3 Å². The van der Waals surface area contributed by atoms with E-state index < -0.39 is 10.0 Å². The maximum absolute atomic E-state index is 11.9. The van der Waals surface area contributed by atoms with Crippen LogP contribution in [0.3, 0.4) is 0 Å². The topological polar surface area (TPSA) is 46.6 Å². The molecule has 0 spiro atoms. The largest absolute Gasteiger partial charge is 0.381 e. The maximum atomic E-state index is 11.9. The first-order valence-electron chi connectivity index (χ1n) is 5.67. The molecule has 1 aliphatic heterocycles. The van der Waals surface area contributed by atoms with E-state index in [0.717, 1.165) is 6.42 Å². The van der Waals surface area contributed by atoms with Gasteiger partial charge in [0.05, 0.1) is 12.4 Å². The van der Waals surface area contributed by atoms with Crippen LogP contribution in [0.25, 0.3) is 0 Å². The number of sulfonamides is 1. The monoisotopic (exact) mass is 269 g/mol. The average molecular weight is 270 g/mol. The summed E-state index contributed by atoms with van der Waals surface area (Å²) in [6.45, 7) is 5.73. The van der Waals surface area contributed by atoms with Gasteiger partial charge in [-0.3, -0.25) is 0 Å². The Kier molecular flexibility index (Phi) is 5.50. The molecule has 0 saturated carbocycles. The van der Waals surface area contributed by atoms with E-state index >= 15 is 0 Å². The summed E-state index contributed by atoms with van der Waals surface area (Å²) in [6.07, 6.45) is 0.835. The van der Waals surface area contributed by atoms with Crippen LogP contribution in [0, 0.1) is 5.92 Å².